The Balaban J connectivity index is 3.38. The molecule has 0 heterocycles. The van der Waals surface area contributed by atoms with E-state index in [9.17, 15) is 4.79 Å². The summed E-state index contributed by atoms with van der Waals surface area (Å²) >= 11 is 0. The second-order valence-electron chi connectivity index (χ2n) is 3.34. The lowest BCUT2D eigenvalue weighted by Gasteiger charge is -2.09. The van der Waals surface area contributed by atoms with Gasteiger partial charge in [-0.2, -0.15) is 0 Å². The van der Waals surface area contributed by atoms with E-state index in [0.717, 1.165) is 12.8 Å². The van der Waals surface area contributed by atoms with E-state index >= 15 is 0 Å². The van der Waals surface area contributed by atoms with Crippen LogP contribution in [0.2, 0.25) is 0 Å². The lowest BCUT2D eigenvalue weighted by atomic mass is 10.1. The van der Waals surface area contributed by atoms with Crippen LogP contribution in [0, 0.1) is 5.92 Å². The van der Waals surface area contributed by atoms with Crippen molar-refractivity contribution in [1.82, 2.24) is 0 Å². The highest BCUT2D eigenvalue weighted by atomic mass is 16.5. The molecule has 0 aromatic heterocycles. The molecule has 13 heavy (non-hydrogen) atoms. The minimum atomic E-state index is -0.113. The van der Waals surface area contributed by atoms with Crippen molar-refractivity contribution >= 4 is 5.97 Å². The molecule has 78 valence electrons. The zero-order chi connectivity index (χ0) is 10.1. The number of methoxy groups -OCH3 is 1. The summed E-state index contributed by atoms with van der Waals surface area (Å²) in [6.45, 7) is 5.21. The normalized spacial score (nSPS) is 12.5. The van der Waals surface area contributed by atoms with Gasteiger partial charge in [0.05, 0.1) is 13.0 Å². The smallest absolute Gasteiger partial charge is 0.306 e. The number of carbonyl (C=O) groups excluding carboxylic acids is 1. The minimum Gasteiger partial charge on any atom is -0.466 e. The summed E-state index contributed by atoms with van der Waals surface area (Å²) < 4.78 is 9.93. The fraction of sp³-hybridized carbons (Fsp3) is 0.900. The molecule has 0 radical (unpaired) electrons. The van der Waals surface area contributed by atoms with Crippen LogP contribution in [0.4, 0.5) is 0 Å². The number of rotatable bonds is 7. The van der Waals surface area contributed by atoms with Gasteiger partial charge in [-0.3, -0.25) is 4.79 Å². The van der Waals surface area contributed by atoms with Gasteiger partial charge >= 0.3 is 5.97 Å². The van der Waals surface area contributed by atoms with Gasteiger partial charge in [-0.1, -0.05) is 20.3 Å². The van der Waals surface area contributed by atoms with Crippen LogP contribution in [0.25, 0.3) is 0 Å². The molecule has 0 aromatic carbocycles. The molecule has 0 saturated heterocycles. The summed E-state index contributed by atoms with van der Waals surface area (Å²) in [5.41, 5.74) is 0. The van der Waals surface area contributed by atoms with Crippen LogP contribution in [-0.2, 0) is 14.3 Å². The van der Waals surface area contributed by atoms with Crippen molar-refractivity contribution in [3.05, 3.63) is 0 Å². The van der Waals surface area contributed by atoms with Crippen molar-refractivity contribution in [2.45, 2.75) is 33.1 Å². The van der Waals surface area contributed by atoms with Crippen LogP contribution in [0.3, 0.4) is 0 Å². The van der Waals surface area contributed by atoms with Crippen molar-refractivity contribution in [3.63, 3.8) is 0 Å². The standard InChI is InChI=1S/C10H20O3/c1-4-5-6-13-10(11)7-9(2)8-12-3/h9H,4-8H2,1-3H3. The molecule has 0 bridgehead atoms. The molecular formula is C10H20O3. The predicted molar refractivity (Wildman–Crippen MR) is 51.5 cm³/mol. The van der Waals surface area contributed by atoms with E-state index in [1.165, 1.54) is 0 Å². The molecule has 0 fully saturated rings. The summed E-state index contributed by atoms with van der Waals surface area (Å²) in [4.78, 5) is 11.1. The number of hydrogen-bond acceptors (Lipinski definition) is 3. The van der Waals surface area contributed by atoms with Crippen molar-refractivity contribution in [1.29, 1.82) is 0 Å². The molecule has 0 amide bonds. The number of carbonyl (C=O) groups is 1. The van der Waals surface area contributed by atoms with E-state index in [2.05, 4.69) is 6.92 Å². The number of unbranched alkanes of at least 4 members (excludes halogenated alkanes) is 1. The first-order valence-corrected chi connectivity index (χ1v) is 4.85. The van der Waals surface area contributed by atoms with E-state index in [0.29, 0.717) is 19.6 Å². The molecule has 0 saturated carbocycles. The van der Waals surface area contributed by atoms with Gasteiger partial charge in [0, 0.05) is 13.7 Å². The van der Waals surface area contributed by atoms with Crippen LogP contribution in [0.5, 0.6) is 0 Å². The first kappa shape index (κ1) is 12.4. The molecule has 0 spiro atoms. The van der Waals surface area contributed by atoms with Crippen LogP contribution >= 0.6 is 0 Å². The number of ether oxygens (including phenoxy) is 2. The maximum absolute atomic E-state index is 11.1. The van der Waals surface area contributed by atoms with Gasteiger partial charge in [-0.05, 0) is 12.3 Å². The molecule has 0 aromatic rings. The van der Waals surface area contributed by atoms with Gasteiger partial charge in [0.25, 0.3) is 0 Å². The third kappa shape index (κ3) is 7.78. The maximum Gasteiger partial charge on any atom is 0.306 e. The highest BCUT2D eigenvalue weighted by Crippen LogP contribution is 2.03. The van der Waals surface area contributed by atoms with E-state index in [4.69, 9.17) is 9.47 Å². The molecule has 1 unspecified atom stereocenters. The molecule has 3 nitrogen and oxygen atoms in total. The van der Waals surface area contributed by atoms with Gasteiger partial charge in [0.15, 0.2) is 0 Å². The van der Waals surface area contributed by atoms with Gasteiger partial charge in [-0.15, -0.1) is 0 Å². The van der Waals surface area contributed by atoms with Crippen LogP contribution in [-0.4, -0.2) is 26.3 Å². The van der Waals surface area contributed by atoms with E-state index < -0.39 is 0 Å². The van der Waals surface area contributed by atoms with Crippen LogP contribution in [0.15, 0.2) is 0 Å². The summed E-state index contributed by atoms with van der Waals surface area (Å²) in [6, 6.07) is 0. The average molecular weight is 188 g/mol. The molecule has 0 aliphatic heterocycles. The molecule has 0 aliphatic rings. The molecule has 3 heteroatoms. The Morgan fingerprint density at radius 1 is 1.46 bits per heavy atom. The first-order valence-electron chi connectivity index (χ1n) is 4.85. The van der Waals surface area contributed by atoms with Crippen molar-refractivity contribution < 1.29 is 14.3 Å². The third-order valence-corrected chi connectivity index (χ3v) is 1.73. The maximum atomic E-state index is 11.1. The van der Waals surface area contributed by atoms with Gasteiger partial charge in [-0.25, -0.2) is 0 Å². The molecule has 0 aliphatic carbocycles. The Labute approximate surface area is 80.4 Å². The topological polar surface area (TPSA) is 35.5 Å². The Morgan fingerprint density at radius 3 is 2.69 bits per heavy atom. The zero-order valence-electron chi connectivity index (χ0n) is 8.84. The quantitative estimate of drug-likeness (QED) is 0.453. The van der Waals surface area contributed by atoms with Crippen molar-refractivity contribution in [3.8, 4) is 0 Å². The SMILES string of the molecule is CCCCOC(=O)CC(C)COC. The summed E-state index contributed by atoms with van der Waals surface area (Å²) in [5, 5.41) is 0. The highest BCUT2D eigenvalue weighted by Gasteiger charge is 2.09. The monoisotopic (exact) mass is 188 g/mol. The van der Waals surface area contributed by atoms with Gasteiger partial charge < -0.3 is 9.47 Å². The van der Waals surface area contributed by atoms with E-state index in [-0.39, 0.29) is 11.9 Å². The second-order valence-corrected chi connectivity index (χ2v) is 3.34. The van der Waals surface area contributed by atoms with Gasteiger partial charge in [0.2, 0.25) is 0 Å². The highest BCUT2D eigenvalue weighted by molar-refractivity contribution is 5.69. The zero-order valence-corrected chi connectivity index (χ0v) is 8.84. The Morgan fingerprint density at radius 2 is 2.15 bits per heavy atom. The minimum absolute atomic E-state index is 0.113. The fourth-order valence-corrected chi connectivity index (χ4v) is 1.02. The second kappa shape index (κ2) is 8.05. The van der Waals surface area contributed by atoms with Gasteiger partial charge in [0.1, 0.15) is 0 Å². The summed E-state index contributed by atoms with van der Waals surface area (Å²) in [7, 11) is 1.64. The number of hydrogen-bond donors (Lipinski definition) is 0. The lowest BCUT2D eigenvalue weighted by molar-refractivity contribution is -0.145. The summed E-state index contributed by atoms with van der Waals surface area (Å²) in [6.07, 6.45) is 2.46. The first-order chi connectivity index (χ1) is 6.20. The molecular weight excluding hydrogens is 168 g/mol. The Kier molecular flexibility index (Phi) is 7.69. The third-order valence-electron chi connectivity index (χ3n) is 1.73. The van der Waals surface area contributed by atoms with Crippen molar-refractivity contribution in [2.24, 2.45) is 5.92 Å². The number of esters is 1. The largest absolute Gasteiger partial charge is 0.466 e. The fourth-order valence-electron chi connectivity index (χ4n) is 1.02. The molecule has 0 rings (SSSR count). The van der Waals surface area contributed by atoms with Crippen LogP contribution < -0.4 is 0 Å². The van der Waals surface area contributed by atoms with E-state index in [1.54, 1.807) is 7.11 Å². The van der Waals surface area contributed by atoms with E-state index in [1.807, 2.05) is 6.92 Å². The van der Waals surface area contributed by atoms with Crippen molar-refractivity contribution in [2.75, 3.05) is 20.3 Å². The average Bonchev–Trinajstić information content (AvgIpc) is 2.05. The Hall–Kier alpha value is -0.570. The molecule has 0 N–H and O–H groups in total. The Bertz CT molecular complexity index is 134. The molecule has 1 atom stereocenters. The summed E-state index contributed by atoms with van der Waals surface area (Å²) in [5.74, 6) is 0.136. The lowest BCUT2D eigenvalue weighted by Crippen LogP contribution is -2.13. The van der Waals surface area contributed by atoms with Crippen LogP contribution in [0.1, 0.15) is 33.1 Å². The predicted octanol–water partition coefficient (Wildman–Crippen LogP) is 2.00.